The largest absolute Gasteiger partial charge is 0.313 e. The molecule has 0 aliphatic carbocycles. The summed E-state index contributed by atoms with van der Waals surface area (Å²) >= 11 is 1.93. The molecule has 1 heterocycles. The zero-order valence-corrected chi connectivity index (χ0v) is 11.7. The highest BCUT2D eigenvalue weighted by atomic mass is 32.2. The molecule has 1 aromatic carbocycles. The van der Waals surface area contributed by atoms with E-state index in [9.17, 15) is 13.2 Å². The molecule has 1 aliphatic heterocycles. The lowest BCUT2D eigenvalue weighted by Crippen LogP contribution is -2.23. The van der Waals surface area contributed by atoms with Gasteiger partial charge >= 0.3 is 0 Å². The lowest BCUT2D eigenvalue weighted by Gasteiger charge is -2.26. The Morgan fingerprint density at radius 2 is 1.89 bits per heavy atom. The fourth-order valence-corrected chi connectivity index (χ4v) is 3.73. The molecule has 0 spiro atoms. The van der Waals surface area contributed by atoms with Crippen molar-refractivity contribution in [3.8, 4) is 0 Å². The summed E-state index contributed by atoms with van der Waals surface area (Å²) in [6, 6.07) is 2.07. The quantitative estimate of drug-likeness (QED) is 0.844. The van der Waals surface area contributed by atoms with Gasteiger partial charge in [-0.2, -0.15) is 11.8 Å². The van der Waals surface area contributed by atoms with Crippen LogP contribution in [-0.2, 0) is 0 Å². The lowest BCUT2D eigenvalue weighted by molar-refractivity contribution is 0.367. The minimum absolute atomic E-state index is 0.222. The van der Waals surface area contributed by atoms with E-state index in [-0.39, 0.29) is 11.6 Å². The van der Waals surface area contributed by atoms with Crippen molar-refractivity contribution in [3.05, 3.63) is 35.1 Å². The van der Waals surface area contributed by atoms with Gasteiger partial charge in [0.1, 0.15) is 0 Å². The van der Waals surface area contributed by atoms with Gasteiger partial charge in [0.15, 0.2) is 17.5 Å². The normalized spacial score (nSPS) is 18.5. The maximum absolute atomic E-state index is 13.8. The van der Waals surface area contributed by atoms with Crippen LogP contribution in [0.1, 0.15) is 30.9 Å². The molecule has 106 valence electrons. The Balaban J connectivity index is 2.14. The third kappa shape index (κ3) is 3.45. The van der Waals surface area contributed by atoms with Crippen LogP contribution in [0.3, 0.4) is 0 Å². The first kappa shape index (κ1) is 14.7. The average molecular weight is 289 g/mol. The van der Waals surface area contributed by atoms with Gasteiger partial charge in [-0.3, -0.25) is 0 Å². The molecule has 0 saturated carbocycles. The topological polar surface area (TPSA) is 12.0 Å². The second-order valence-electron chi connectivity index (χ2n) is 4.90. The summed E-state index contributed by atoms with van der Waals surface area (Å²) < 4.78 is 40.0. The first-order valence-corrected chi connectivity index (χ1v) is 7.67. The summed E-state index contributed by atoms with van der Waals surface area (Å²) in [7, 11) is 1.73. The summed E-state index contributed by atoms with van der Waals surface area (Å²) in [5.74, 6) is -0.805. The predicted molar refractivity (Wildman–Crippen MR) is 72.8 cm³/mol. The predicted octanol–water partition coefficient (Wildman–Crippen LogP) is 3.90. The third-order valence-electron chi connectivity index (χ3n) is 3.70. The van der Waals surface area contributed by atoms with Gasteiger partial charge in [0.2, 0.25) is 0 Å². The first-order chi connectivity index (χ1) is 9.13. The van der Waals surface area contributed by atoms with E-state index >= 15 is 0 Å². The second-order valence-corrected chi connectivity index (χ2v) is 6.12. The summed E-state index contributed by atoms with van der Waals surface area (Å²) in [5.41, 5.74) is 0.222. The first-order valence-electron chi connectivity index (χ1n) is 6.52. The molecule has 2 rings (SSSR count). The summed E-state index contributed by atoms with van der Waals surface area (Å²) in [5, 5.41) is 3.02. The van der Waals surface area contributed by atoms with Crippen molar-refractivity contribution in [2.24, 2.45) is 5.92 Å². The number of halogens is 3. The standard InChI is InChI=1S/C14H18F3NS/c1-18-12(8-9-4-6-19-7-5-9)10-2-3-11(15)14(17)13(10)16/h2-3,9,12,18H,4-8H2,1H3. The van der Waals surface area contributed by atoms with Crippen LogP contribution >= 0.6 is 11.8 Å². The van der Waals surface area contributed by atoms with E-state index in [1.54, 1.807) is 7.05 Å². The minimum atomic E-state index is -1.38. The van der Waals surface area contributed by atoms with Gasteiger partial charge in [-0.15, -0.1) is 0 Å². The van der Waals surface area contributed by atoms with Crippen LogP contribution in [0.25, 0.3) is 0 Å². The number of benzene rings is 1. The van der Waals surface area contributed by atoms with Crippen molar-refractivity contribution >= 4 is 11.8 Å². The molecule has 1 atom stereocenters. The van der Waals surface area contributed by atoms with E-state index in [4.69, 9.17) is 0 Å². The molecule has 1 aromatic rings. The van der Waals surface area contributed by atoms with Gasteiger partial charge in [-0.1, -0.05) is 6.07 Å². The van der Waals surface area contributed by atoms with Crippen molar-refractivity contribution in [2.45, 2.75) is 25.3 Å². The molecule has 19 heavy (non-hydrogen) atoms. The van der Waals surface area contributed by atoms with Crippen molar-refractivity contribution in [1.82, 2.24) is 5.32 Å². The second kappa shape index (κ2) is 6.66. The molecule has 5 heteroatoms. The highest BCUT2D eigenvalue weighted by Gasteiger charge is 2.23. The molecule has 1 fully saturated rings. The van der Waals surface area contributed by atoms with Gasteiger partial charge in [0.25, 0.3) is 0 Å². The van der Waals surface area contributed by atoms with E-state index in [0.717, 1.165) is 36.8 Å². The number of thioether (sulfide) groups is 1. The van der Waals surface area contributed by atoms with Gasteiger partial charge in [-0.25, -0.2) is 13.2 Å². The lowest BCUT2D eigenvalue weighted by atomic mass is 9.90. The molecule has 1 aliphatic rings. The Morgan fingerprint density at radius 3 is 2.53 bits per heavy atom. The summed E-state index contributed by atoms with van der Waals surface area (Å²) in [4.78, 5) is 0. The fourth-order valence-electron chi connectivity index (χ4n) is 2.53. The molecule has 1 nitrogen and oxygen atoms in total. The van der Waals surface area contributed by atoms with Crippen molar-refractivity contribution in [2.75, 3.05) is 18.6 Å². The van der Waals surface area contributed by atoms with Crippen molar-refractivity contribution < 1.29 is 13.2 Å². The average Bonchev–Trinajstić information content (AvgIpc) is 2.44. The maximum Gasteiger partial charge on any atom is 0.194 e. The molecule has 0 bridgehead atoms. The van der Waals surface area contributed by atoms with E-state index in [1.165, 1.54) is 6.07 Å². The van der Waals surface area contributed by atoms with Crippen molar-refractivity contribution in [1.29, 1.82) is 0 Å². The molecule has 0 radical (unpaired) electrons. The zero-order valence-electron chi connectivity index (χ0n) is 10.9. The van der Waals surface area contributed by atoms with E-state index in [1.807, 2.05) is 11.8 Å². The van der Waals surface area contributed by atoms with Crippen LogP contribution in [0.5, 0.6) is 0 Å². The maximum atomic E-state index is 13.8. The molecule has 0 aromatic heterocycles. The van der Waals surface area contributed by atoms with Gasteiger partial charge in [0, 0.05) is 11.6 Å². The fraction of sp³-hybridized carbons (Fsp3) is 0.571. The molecule has 1 N–H and O–H groups in total. The molecular formula is C14H18F3NS. The van der Waals surface area contributed by atoms with Crippen LogP contribution in [-0.4, -0.2) is 18.6 Å². The Morgan fingerprint density at radius 1 is 1.21 bits per heavy atom. The monoisotopic (exact) mass is 289 g/mol. The molecule has 1 saturated heterocycles. The number of hydrogen-bond donors (Lipinski definition) is 1. The smallest absolute Gasteiger partial charge is 0.194 e. The van der Waals surface area contributed by atoms with E-state index < -0.39 is 17.5 Å². The van der Waals surface area contributed by atoms with Gasteiger partial charge < -0.3 is 5.32 Å². The van der Waals surface area contributed by atoms with Gasteiger partial charge in [-0.05, 0) is 49.8 Å². The van der Waals surface area contributed by atoms with Crippen LogP contribution in [0.15, 0.2) is 12.1 Å². The third-order valence-corrected chi connectivity index (χ3v) is 4.75. The van der Waals surface area contributed by atoms with Crippen LogP contribution in [0.4, 0.5) is 13.2 Å². The van der Waals surface area contributed by atoms with Crippen molar-refractivity contribution in [3.63, 3.8) is 0 Å². The number of hydrogen-bond acceptors (Lipinski definition) is 2. The molecule has 0 amide bonds. The zero-order chi connectivity index (χ0) is 13.8. The summed E-state index contributed by atoms with van der Waals surface area (Å²) in [6.45, 7) is 0. The minimum Gasteiger partial charge on any atom is -0.313 e. The Bertz CT molecular complexity index is 433. The number of nitrogens with one attached hydrogen (secondary N) is 1. The highest BCUT2D eigenvalue weighted by molar-refractivity contribution is 7.99. The SMILES string of the molecule is CNC(CC1CCSCC1)c1ccc(F)c(F)c1F. The molecule has 1 unspecified atom stereocenters. The number of rotatable bonds is 4. The van der Waals surface area contributed by atoms with Crippen LogP contribution in [0, 0.1) is 23.4 Å². The highest BCUT2D eigenvalue weighted by Crippen LogP contribution is 2.32. The van der Waals surface area contributed by atoms with Crippen LogP contribution in [0.2, 0.25) is 0 Å². The Labute approximate surface area is 116 Å². The molecular weight excluding hydrogens is 271 g/mol. The van der Waals surface area contributed by atoms with Crippen LogP contribution < -0.4 is 5.32 Å². The van der Waals surface area contributed by atoms with E-state index in [2.05, 4.69) is 5.32 Å². The Hall–Kier alpha value is -0.680. The van der Waals surface area contributed by atoms with Gasteiger partial charge in [0.05, 0.1) is 0 Å². The summed E-state index contributed by atoms with van der Waals surface area (Å²) in [6.07, 6.45) is 2.97. The Kier molecular flexibility index (Phi) is 5.16. The van der Waals surface area contributed by atoms with E-state index in [0.29, 0.717) is 5.92 Å².